The molecule has 0 aliphatic rings. The Labute approximate surface area is 125 Å². The lowest BCUT2D eigenvalue weighted by atomic mass is 9.83. The largest absolute Gasteiger partial charge is 0.334 e. The lowest BCUT2D eigenvalue weighted by Gasteiger charge is -2.27. The number of imidazole rings is 1. The van der Waals surface area contributed by atoms with Gasteiger partial charge in [-0.1, -0.05) is 41.5 Å². The number of rotatable bonds is 8. The monoisotopic (exact) mass is 279 g/mol. The van der Waals surface area contributed by atoms with Gasteiger partial charge in [0.15, 0.2) is 0 Å². The van der Waals surface area contributed by atoms with Gasteiger partial charge in [-0.3, -0.25) is 0 Å². The SMILES string of the molecule is CCCn1ccnc1C(CC(C)CC(C)(C)C)NCC. The van der Waals surface area contributed by atoms with Crippen molar-refractivity contribution in [3.8, 4) is 0 Å². The normalized spacial score (nSPS) is 15.3. The lowest BCUT2D eigenvalue weighted by Crippen LogP contribution is -2.27. The number of nitrogens with zero attached hydrogens (tertiary/aromatic N) is 2. The first-order valence-corrected chi connectivity index (χ1v) is 8.11. The van der Waals surface area contributed by atoms with Gasteiger partial charge in [-0.05, 0) is 37.1 Å². The van der Waals surface area contributed by atoms with Crippen LogP contribution in [0.5, 0.6) is 0 Å². The minimum Gasteiger partial charge on any atom is -0.334 e. The van der Waals surface area contributed by atoms with Gasteiger partial charge in [0.05, 0.1) is 6.04 Å². The molecule has 0 spiro atoms. The third-order valence-electron chi connectivity index (χ3n) is 3.57. The molecule has 1 aromatic heterocycles. The van der Waals surface area contributed by atoms with Gasteiger partial charge in [0.2, 0.25) is 0 Å². The second-order valence-electron chi connectivity index (χ2n) is 7.19. The molecule has 1 heterocycles. The molecule has 0 saturated carbocycles. The standard InChI is InChI=1S/C17H33N3/c1-7-10-20-11-9-19-16(20)15(18-8-2)12-14(3)13-17(4,5)6/h9,11,14-15,18H,7-8,10,12-13H2,1-6H3. The van der Waals surface area contributed by atoms with E-state index in [-0.39, 0.29) is 0 Å². The first-order valence-electron chi connectivity index (χ1n) is 8.11. The van der Waals surface area contributed by atoms with Crippen LogP contribution in [-0.2, 0) is 6.54 Å². The minimum atomic E-state index is 0.374. The summed E-state index contributed by atoms with van der Waals surface area (Å²) in [6.45, 7) is 15.8. The predicted molar refractivity (Wildman–Crippen MR) is 86.8 cm³/mol. The van der Waals surface area contributed by atoms with E-state index in [1.165, 1.54) is 12.2 Å². The predicted octanol–water partition coefficient (Wildman–Crippen LogP) is 4.41. The zero-order valence-corrected chi connectivity index (χ0v) is 14.2. The molecule has 1 rings (SSSR count). The summed E-state index contributed by atoms with van der Waals surface area (Å²) in [6, 6.07) is 0.374. The van der Waals surface area contributed by atoms with Crippen LogP contribution in [0.3, 0.4) is 0 Å². The molecule has 20 heavy (non-hydrogen) atoms. The van der Waals surface area contributed by atoms with E-state index < -0.39 is 0 Å². The smallest absolute Gasteiger partial charge is 0.125 e. The molecule has 0 bridgehead atoms. The Bertz CT molecular complexity index is 376. The molecule has 0 amide bonds. The molecule has 0 aliphatic heterocycles. The molecule has 1 aromatic rings. The Balaban J connectivity index is 2.75. The lowest BCUT2D eigenvalue weighted by molar-refractivity contribution is 0.272. The quantitative estimate of drug-likeness (QED) is 0.764. The molecule has 1 N–H and O–H groups in total. The van der Waals surface area contributed by atoms with Gasteiger partial charge in [0.25, 0.3) is 0 Å². The summed E-state index contributed by atoms with van der Waals surface area (Å²) < 4.78 is 2.30. The number of hydrogen-bond donors (Lipinski definition) is 1. The Kier molecular flexibility index (Phi) is 6.74. The minimum absolute atomic E-state index is 0.374. The number of aromatic nitrogens is 2. The van der Waals surface area contributed by atoms with E-state index in [4.69, 9.17) is 0 Å². The molecular formula is C17H33N3. The van der Waals surface area contributed by atoms with Crippen molar-refractivity contribution < 1.29 is 0 Å². The van der Waals surface area contributed by atoms with Gasteiger partial charge < -0.3 is 9.88 Å². The second kappa shape index (κ2) is 7.82. The highest BCUT2D eigenvalue weighted by molar-refractivity contribution is 5.00. The Morgan fingerprint density at radius 3 is 2.55 bits per heavy atom. The van der Waals surface area contributed by atoms with Crippen LogP contribution < -0.4 is 5.32 Å². The maximum Gasteiger partial charge on any atom is 0.125 e. The Morgan fingerprint density at radius 2 is 2.00 bits per heavy atom. The van der Waals surface area contributed by atoms with E-state index in [0.29, 0.717) is 17.4 Å². The first-order chi connectivity index (χ1) is 9.37. The number of nitrogens with one attached hydrogen (secondary N) is 1. The molecule has 3 nitrogen and oxygen atoms in total. The van der Waals surface area contributed by atoms with Crippen molar-refractivity contribution in [1.82, 2.24) is 14.9 Å². The van der Waals surface area contributed by atoms with Gasteiger partial charge in [-0.2, -0.15) is 0 Å². The summed E-state index contributed by atoms with van der Waals surface area (Å²) >= 11 is 0. The van der Waals surface area contributed by atoms with E-state index in [2.05, 4.69) is 62.6 Å². The van der Waals surface area contributed by atoms with Crippen molar-refractivity contribution in [3.63, 3.8) is 0 Å². The molecule has 116 valence electrons. The van der Waals surface area contributed by atoms with Crippen LogP contribution in [0, 0.1) is 11.3 Å². The average Bonchev–Trinajstić information content (AvgIpc) is 2.74. The van der Waals surface area contributed by atoms with Crippen molar-refractivity contribution >= 4 is 0 Å². The third-order valence-corrected chi connectivity index (χ3v) is 3.57. The maximum absolute atomic E-state index is 4.60. The molecule has 0 saturated heterocycles. The van der Waals surface area contributed by atoms with Crippen LogP contribution in [0.25, 0.3) is 0 Å². The molecule has 0 fully saturated rings. The fraction of sp³-hybridized carbons (Fsp3) is 0.824. The van der Waals surface area contributed by atoms with Crippen LogP contribution in [0.15, 0.2) is 12.4 Å². The van der Waals surface area contributed by atoms with E-state index in [1.807, 2.05) is 6.20 Å². The highest BCUT2D eigenvalue weighted by atomic mass is 15.1. The van der Waals surface area contributed by atoms with E-state index in [1.54, 1.807) is 0 Å². The second-order valence-corrected chi connectivity index (χ2v) is 7.19. The van der Waals surface area contributed by atoms with E-state index >= 15 is 0 Å². The molecule has 0 radical (unpaired) electrons. The van der Waals surface area contributed by atoms with Crippen LogP contribution in [0.1, 0.15) is 72.7 Å². The van der Waals surface area contributed by atoms with Crippen molar-refractivity contribution in [2.45, 2.75) is 73.4 Å². The van der Waals surface area contributed by atoms with Crippen LogP contribution in [-0.4, -0.2) is 16.1 Å². The number of aryl methyl sites for hydroxylation is 1. The molecule has 2 atom stereocenters. The molecule has 2 unspecified atom stereocenters. The topological polar surface area (TPSA) is 29.9 Å². The summed E-state index contributed by atoms with van der Waals surface area (Å²) in [5, 5.41) is 3.62. The van der Waals surface area contributed by atoms with Gasteiger partial charge in [0.1, 0.15) is 5.82 Å². The Morgan fingerprint density at radius 1 is 1.30 bits per heavy atom. The molecule has 0 aromatic carbocycles. The molecule has 0 aliphatic carbocycles. The van der Waals surface area contributed by atoms with Crippen molar-refractivity contribution in [2.24, 2.45) is 11.3 Å². The maximum atomic E-state index is 4.60. The van der Waals surface area contributed by atoms with Gasteiger partial charge in [-0.15, -0.1) is 0 Å². The highest BCUT2D eigenvalue weighted by Gasteiger charge is 2.22. The fourth-order valence-corrected chi connectivity index (χ4v) is 3.12. The van der Waals surface area contributed by atoms with Crippen LogP contribution in [0.2, 0.25) is 0 Å². The van der Waals surface area contributed by atoms with Crippen LogP contribution >= 0.6 is 0 Å². The number of hydrogen-bond acceptors (Lipinski definition) is 2. The zero-order valence-electron chi connectivity index (χ0n) is 14.2. The summed E-state index contributed by atoms with van der Waals surface area (Å²) in [5.74, 6) is 1.90. The van der Waals surface area contributed by atoms with Crippen molar-refractivity contribution in [1.29, 1.82) is 0 Å². The zero-order chi connectivity index (χ0) is 15.2. The van der Waals surface area contributed by atoms with Gasteiger partial charge >= 0.3 is 0 Å². The molecular weight excluding hydrogens is 246 g/mol. The van der Waals surface area contributed by atoms with Crippen LogP contribution in [0.4, 0.5) is 0 Å². The van der Waals surface area contributed by atoms with Gasteiger partial charge in [0, 0.05) is 18.9 Å². The van der Waals surface area contributed by atoms with E-state index in [0.717, 1.165) is 25.9 Å². The highest BCUT2D eigenvalue weighted by Crippen LogP contribution is 2.30. The first kappa shape index (κ1) is 17.2. The molecule has 3 heteroatoms. The third kappa shape index (κ3) is 5.66. The average molecular weight is 279 g/mol. The summed E-state index contributed by atoms with van der Waals surface area (Å²) in [6.07, 6.45) is 7.61. The van der Waals surface area contributed by atoms with Crippen molar-refractivity contribution in [3.05, 3.63) is 18.2 Å². The fourth-order valence-electron chi connectivity index (χ4n) is 3.12. The van der Waals surface area contributed by atoms with Gasteiger partial charge in [-0.25, -0.2) is 4.98 Å². The summed E-state index contributed by atoms with van der Waals surface area (Å²) in [7, 11) is 0. The summed E-state index contributed by atoms with van der Waals surface area (Å²) in [4.78, 5) is 4.60. The van der Waals surface area contributed by atoms with Crippen molar-refractivity contribution in [2.75, 3.05) is 6.54 Å². The summed E-state index contributed by atoms with van der Waals surface area (Å²) in [5.41, 5.74) is 0.398. The Hall–Kier alpha value is -0.830. The van der Waals surface area contributed by atoms with E-state index in [9.17, 15) is 0 Å².